The van der Waals surface area contributed by atoms with Crippen LogP contribution >= 0.6 is 0 Å². The molecule has 0 N–H and O–H groups in total. The summed E-state index contributed by atoms with van der Waals surface area (Å²) in [5.74, 6) is -0.126. The molecule has 1 radical (unpaired) electrons. The first-order valence-electron chi connectivity index (χ1n) is 3.95. The molecule has 0 aliphatic rings. The van der Waals surface area contributed by atoms with Crippen LogP contribution in [-0.4, -0.2) is 4.98 Å². The molecule has 0 atom stereocenters. The van der Waals surface area contributed by atoms with Crippen molar-refractivity contribution in [3.8, 4) is 5.88 Å². The SMILES string of the molecule is CCCCc1ccnc([O])c1. The van der Waals surface area contributed by atoms with Crippen molar-refractivity contribution in [1.82, 2.24) is 4.98 Å². The van der Waals surface area contributed by atoms with Gasteiger partial charge in [0.05, 0.1) is 0 Å². The molecule has 2 heteroatoms. The molecule has 0 unspecified atom stereocenters. The topological polar surface area (TPSA) is 32.8 Å². The molecule has 11 heavy (non-hydrogen) atoms. The summed E-state index contributed by atoms with van der Waals surface area (Å²) in [6, 6.07) is 3.51. The maximum atomic E-state index is 10.7. The average Bonchev–Trinajstić information content (AvgIpc) is 2.01. The maximum absolute atomic E-state index is 10.7. The van der Waals surface area contributed by atoms with E-state index in [2.05, 4.69) is 11.9 Å². The molecular weight excluding hydrogens is 138 g/mol. The normalized spacial score (nSPS) is 9.91. The van der Waals surface area contributed by atoms with Crippen molar-refractivity contribution in [3.05, 3.63) is 23.9 Å². The molecule has 59 valence electrons. The Bertz CT molecular complexity index is 223. The van der Waals surface area contributed by atoms with Gasteiger partial charge >= 0.3 is 0 Å². The number of unbranched alkanes of at least 4 members (excludes halogenated alkanes) is 1. The van der Waals surface area contributed by atoms with Crippen molar-refractivity contribution in [3.63, 3.8) is 0 Å². The lowest BCUT2D eigenvalue weighted by atomic mass is 10.1. The molecule has 0 aliphatic heterocycles. The molecule has 0 amide bonds. The number of hydrogen-bond acceptors (Lipinski definition) is 1. The fraction of sp³-hybridized carbons (Fsp3) is 0.444. The van der Waals surface area contributed by atoms with Gasteiger partial charge in [0.1, 0.15) is 0 Å². The van der Waals surface area contributed by atoms with E-state index in [0.29, 0.717) is 0 Å². The molecule has 1 aromatic heterocycles. The fourth-order valence-electron chi connectivity index (χ4n) is 0.987. The van der Waals surface area contributed by atoms with E-state index in [-0.39, 0.29) is 5.88 Å². The van der Waals surface area contributed by atoms with Crippen LogP contribution in [-0.2, 0) is 11.5 Å². The second-order valence-corrected chi connectivity index (χ2v) is 2.61. The summed E-state index contributed by atoms with van der Waals surface area (Å²) >= 11 is 0. The highest BCUT2D eigenvalue weighted by Gasteiger charge is 1.94. The lowest BCUT2D eigenvalue weighted by molar-refractivity contribution is 0.337. The van der Waals surface area contributed by atoms with Gasteiger partial charge in [-0.2, -0.15) is 0 Å². The van der Waals surface area contributed by atoms with Crippen molar-refractivity contribution in [2.24, 2.45) is 0 Å². The Morgan fingerprint density at radius 1 is 1.55 bits per heavy atom. The summed E-state index contributed by atoms with van der Waals surface area (Å²) in [5.41, 5.74) is 1.10. The van der Waals surface area contributed by atoms with Crippen LogP contribution in [0, 0.1) is 0 Å². The van der Waals surface area contributed by atoms with Crippen molar-refractivity contribution >= 4 is 0 Å². The zero-order chi connectivity index (χ0) is 8.10. The Morgan fingerprint density at radius 2 is 2.36 bits per heavy atom. The first kappa shape index (κ1) is 8.05. The summed E-state index contributed by atoms with van der Waals surface area (Å²) in [6.45, 7) is 2.14. The quantitative estimate of drug-likeness (QED) is 0.651. The second kappa shape index (κ2) is 3.96. The van der Waals surface area contributed by atoms with E-state index in [1.54, 1.807) is 12.3 Å². The van der Waals surface area contributed by atoms with Gasteiger partial charge in [0.25, 0.3) is 5.88 Å². The van der Waals surface area contributed by atoms with Crippen LogP contribution in [0.15, 0.2) is 18.3 Å². The van der Waals surface area contributed by atoms with Crippen LogP contribution in [0.3, 0.4) is 0 Å². The van der Waals surface area contributed by atoms with E-state index in [1.807, 2.05) is 6.07 Å². The van der Waals surface area contributed by atoms with Crippen LogP contribution in [0.25, 0.3) is 0 Å². The minimum atomic E-state index is -0.126. The Hall–Kier alpha value is -1.05. The van der Waals surface area contributed by atoms with Gasteiger partial charge in [-0.15, -0.1) is 0 Å². The van der Waals surface area contributed by atoms with Crippen LogP contribution in [0.2, 0.25) is 0 Å². The molecule has 2 nitrogen and oxygen atoms in total. The Morgan fingerprint density at radius 3 is 3.00 bits per heavy atom. The van der Waals surface area contributed by atoms with Crippen LogP contribution < -0.4 is 0 Å². The third kappa shape index (κ3) is 2.58. The zero-order valence-electron chi connectivity index (χ0n) is 6.71. The van der Waals surface area contributed by atoms with Gasteiger partial charge in [-0.1, -0.05) is 13.3 Å². The summed E-state index contributed by atoms with van der Waals surface area (Å²) < 4.78 is 0. The van der Waals surface area contributed by atoms with Crippen LogP contribution in [0.1, 0.15) is 25.3 Å². The monoisotopic (exact) mass is 150 g/mol. The molecule has 0 aromatic carbocycles. The Balaban J connectivity index is 2.56. The largest absolute Gasteiger partial charge is 0.269 e. The third-order valence-corrected chi connectivity index (χ3v) is 1.62. The van der Waals surface area contributed by atoms with E-state index < -0.39 is 0 Å². The number of hydrogen-bond donors (Lipinski definition) is 0. The zero-order valence-corrected chi connectivity index (χ0v) is 6.71. The van der Waals surface area contributed by atoms with E-state index in [1.165, 1.54) is 0 Å². The fourth-order valence-corrected chi connectivity index (χ4v) is 0.987. The standard InChI is InChI=1S/C9H12NO/c1-2-3-4-8-5-6-10-9(11)7-8/h5-7H,2-4H2,1H3. The van der Waals surface area contributed by atoms with Crippen LogP contribution in [0.5, 0.6) is 5.88 Å². The number of aryl methyl sites for hydroxylation is 1. The van der Waals surface area contributed by atoms with Gasteiger partial charge in [-0.3, -0.25) is 5.11 Å². The summed E-state index contributed by atoms with van der Waals surface area (Å²) in [6.07, 6.45) is 4.88. The first-order valence-corrected chi connectivity index (χ1v) is 3.95. The molecule has 1 rings (SSSR count). The maximum Gasteiger partial charge on any atom is 0.269 e. The molecule has 0 fully saturated rings. The highest BCUT2D eigenvalue weighted by atomic mass is 16.3. The molecular formula is C9H12NO. The van der Waals surface area contributed by atoms with E-state index in [9.17, 15) is 5.11 Å². The van der Waals surface area contributed by atoms with Crippen molar-refractivity contribution in [1.29, 1.82) is 0 Å². The Kier molecular flexibility index (Phi) is 2.90. The minimum absolute atomic E-state index is 0.126. The average molecular weight is 150 g/mol. The second-order valence-electron chi connectivity index (χ2n) is 2.61. The predicted octanol–water partition coefficient (Wildman–Crippen LogP) is 2.57. The van der Waals surface area contributed by atoms with Gasteiger partial charge < -0.3 is 0 Å². The molecule has 1 aromatic rings. The number of nitrogens with zero attached hydrogens (tertiary/aromatic N) is 1. The molecule has 0 bridgehead atoms. The lowest BCUT2D eigenvalue weighted by Gasteiger charge is -1.97. The number of pyridine rings is 1. The Labute approximate surface area is 66.9 Å². The van der Waals surface area contributed by atoms with Gasteiger partial charge in [-0.05, 0) is 24.5 Å². The first-order chi connectivity index (χ1) is 5.33. The van der Waals surface area contributed by atoms with Crippen molar-refractivity contribution in [2.75, 3.05) is 0 Å². The van der Waals surface area contributed by atoms with Gasteiger partial charge in [0.2, 0.25) is 0 Å². The van der Waals surface area contributed by atoms with E-state index >= 15 is 0 Å². The third-order valence-electron chi connectivity index (χ3n) is 1.62. The molecule has 0 saturated heterocycles. The number of rotatable bonds is 3. The highest BCUT2D eigenvalue weighted by Crippen LogP contribution is 2.10. The summed E-state index contributed by atoms with van der Waals surface area (Å²) in [4.78, 5) is 3.59. The summed E-state index contributed by atoms with van der Waals surface area (Å²) in [5, 5.41) is 10.7. The molecule has 0 saturated carbocycles. The van der Waals surface area contributed by atoms with Gasteiger partial charge in [-0.25, -0.2) is 4.98 Å². The molecule has 1 heterocycles. The van der Waals surface area contributed by atoms with Crippen molar-refractivity contribution in [2.45, 2.75) is 26.2 Å². The predicted molar refractivity (Wildman–Crippen MR) is 43.0 cm³/mol. The van der Waals surface area contributed by atoms with E-state index in [4.69, 9.17) is 0 Å². The minimum Gasteiger partial charge on any atom is -0.267 e. The van der Waals surface area contributed by atoms with Crippen LogP contribution in [0.4, 0.5) is 0 Å². The van der Waals surface area contributed by atoms with E-state index in [0.717, 1.165) is 24.8 Å². The van der Waals surface area contributed by atoms with Gasteiger partial charge in [0.15, 0.2) is 0 Å². The van der Waals surface area contributed by atoms with Crippen molar-refractivity contribution < 1.29 is 5.11 Å². The molecule has 0 aliphatic carbocycles. The van der Waals surface area contributed by atoms with Gasteiger partial charge in [0, 0.05) is 12.3 Å². The lowest BCUT2D eigenvalue weighted by Crippen LogP contribution is -1.84. The smallest absolute Gasteiger partial charge is 0.267 e. The molecule has 0 spiro atoms. The highest BCUT2D eigenvalue weighted by molar-refractivity contribution is 5.18. The number of aromatic nitrogens is 1. The summed E-state index contributed by atoms with van der Waals surface area (Å²) in [7, 11) is 0.